The Morgan fingerprint density at radius 3 is 2.45 bits per heavy atom. The summed E-state index contributed by atoms with van der Waals surface area (Å²) in [5.74, 6) is -0.459. The van der Waals surface area contributed by atoms with Gasteiger partial charge < -0.3 is 20.1 Å². The Kier molecular flexibility index (Phi) is 8.85. The quantitative estimate of drug-likeness (QED) is 0.408. The summed E-state index contributed by atoms with van der Waals surface area (Å²) >= 11 is 1.10. The molecule has 3 rings (SSSR count). The van der Waals surface area contributed by atoms with Gasteiger partial charge in [-0.1, -0.05) is 11.3 Å². The fourth-order valence-corrected chi connectivity index (χ4v) is 3.31. The van der Waals surface area contributed by atoms with Crippen molar-refractivity contribution < 1.29 is 23.5 Å². The number of rotatable bonds is 11. The molecule has 0 spiro atoms. The van der Waals surface area contributed by atoms with Crippen molar-refractivity contribution in [3.05, 3.63) is 69.9 Å². The number of carbonyl (C=O) groups is 2. The molecule has 0 aliphatic heterocycles. The smallest absolute Gasteiger partial charge is 0.286 e. The Hall–Kier alpha value is -3.37. The van der Waals surface area contributed by atoms with Gasteiger partial charge in [0, 0.05) is 24.4 Å². The lowest BCUT2D eigenvalue weighted by Crippen LogP contribution is -2.25. The number of amides is 2. The highest BCUT2D eigenvalue weighted by molar-refractivity contribution is 7.13. The fourth-order valence-electron chi connectivity index (χ4n) is 2.66. The minimum Gasteiger partial charge on any atom is -0.486 e. The number of anilines is 1. The molecule has 0 bridgehead atoms. The van der Waals surface area contributed by atoms with Crippen molar-refractivity contribution in [3.63, 3.8) is 0 Å². The monoisotopic (exact) mass is 472 g/mol. The van der Waals surface area contributed by atoms with E-state index in [0.717, 1.165) is 17.8 Å². The topological polar surface area (TPSA) is 102 Å². The van der Waals surface area contributed by atoms with E-state index < -0.39 is 5.91 Å². The van der Waals surface area contributed by atoms with Crippen LogP contribution in [0.3, 0.4) is 0 Å². The van der Waals surface area contributed by atoms with Crippen molar-refractivity contribution in [2.45, 2.75) is 33.0 Å². The number of nitrogens with zero attached hydrogens (tertiary/aromatic N) is 2. The molecule has 33 heavy (non-hydrogen) atoms. The summed E-state index contributed by atoms with van der Waals surface area (Å²) in [5.41, 5.74) is 1.02. The van der Waals surface area contributed by atoms with Crippen molar-refractivity contribution in [1.82, 2.24) is 15.5 Å². The van der Waals surface area contributed by atoms with Crippen molar-refractivity contribution in [1.29, 1.82) is 0 Å². The molecule has 2 amide bonds. The van der Waals surface area contributed by atoms with Crippen molar-refractivity contribution in [3.8, 4) is 5.75 Å². The number of aromatic nitrogens is 2. The third-order valence-electron chi connectivity index (χ3n) is 4.30. The fraction of sp³-hybridized carbons (Fsp3) is 0.304. The molecule has 0 atom stereocenters. The van der Waals surface area contributed by atoms with Crippen LogP contribution in [-0.2, 0) is 11.3 Å². The molecule has 2 N–H and O–H groups in total. The van der Waals surface area contributed by atoms with Crippen LogP contribution in [0.5, 0.6) is 5.75 Å². The highest BCUT2D eigenvalue weighted by atomic mass is 32.1. The Bertz CT molecular complexity index is 1060. The number of hydrogen-bond acceptors (Lipinski definition) is 7. The SMILES string of the molecule is CC(C)OCCCNC(=O)c1ccc(NC(=O)c2nnc(COc3ccc(F)cc3)s2)cc1. The second-order valence-corrected chi connectivity index (χ2v) is 8.37. The second-order valence-electron chi connectivity index (χ2n) is 7.30. The number of nitrogens with one attached hydrogen (secondary N) is 2. The third kappa shape index (κ3) is 7.92. The van der Waals surface area contributed by atoms with E-state index in [-0.39, 0.29) is 29.4 Å². The van der Waals surface area contributed by atoms with Gasteiger partial charge >= 0.3 is 0 Å². The van der Waals surface area contributed by atoms with Gasteiger partial charge in [0.1, 0.15) is 18.2 Å². The van der Waals surface area contributed by atoms with Crippen LogP contribution in [0.2, 0.25) is 0 Å². The van der Waals surface area contributed by atoms with Crippen LogP contribution >= 0.6 is 11.3 Å². The number of carbonyl (C=O) groups excluding carboxylic acids is 2. The first-order chi connectivity index (χ1) is 15.9. The first kappa shape index (κ1) is 24.3. The Morgan fingerprint density at radius 1 is 1.03 bits per heavy atom. The molecular formula is C23H25FN4O4S. The van der Waals surface area contributed by atoms with E-state index in [1.165, 1.54) is 24.3 Å². The molecule has 10 heteroatoms. The van der Waals surface area contributed by atoms with E-state index >= 15 is 0 Å². The number of benzene rings is 2. The highest BCUT2D eigenvalue weighted by Crippen LogP contribution is 2.17. The maximum absolute atomic E-state index is 12.9. The lowest BCUT2D eigenvalue weighted by molar-refractivity contribution is 0.0757. The molecule has 174 valence electrons. The predicted molar refractivity (Wildman–Crippen MR) is 123 cm³/mol. The predicted octanol–water partition coefficient (Wildman–Crippen LogP) is 4.05. The summed E-state index contributed by atoms with van der Waals surface area (Å²) in [7, 11) is 0. The zero-order valence-corrected chi connectivity index (χ0v) is 19.2. The van der Waals surface area contributed by atoms with E-state index in [2.05, 4.69) is 20.8 Å². The normalized spacial score (nSPS) is 10.8. The molecule has 0 saturated carbocycles. The maximum Gasteiger partial charge on any atom is 0.286 e. The highest BCUT2D eigenvalue weighted by Gasteiger charge is 2.14. The van der Waals surface area contributed by atoms with Crippen LogP contribution in [0.4, 0.5) is 10.1 Å². The van der Waals surface area contributed by atoms with Crippen molar-refractivity contribution in [2.24, 2.45) is 0 Å². The standard InChI is InChI=1S/C23H25FN4O4S/c1-15(2)31-13-3-12-25-21(29)16-4-8-18(9-5-16)26-22(30)23-28-27-20(33-23)14-32-19-10-6-17(24)7-11-19/h4-11,15H,3,12-14H2,1-2H3,(H,25,29)(H,26,30). The zero-order chi connectivity index (χ0) is 23.6. The Balaban J connectivity index is 1.45. The molecule has 8 nitrogen and oxygen atoms in total. The summed E-state index contributed by atoms with van der Waals surface area (Å²) in [4.78, 5) is 24.6. The molecule has 0 aliphatic carbocycles. The minimum absolute atomic E-state index is 0.115. The third-order valence-corrected chi connectivity index (χ3v) is 5.20. The van der Waals surface area contributed by atoms with E-state index in [0.29, 0.717) is 35.2 Å². The van der Waals surface area contributed by atoms with E-state index in [4.69, 9.17) is 9.47 Å². The largest absolute Gasteiger partial charge is 0.486 e. The van der Waals surface area contributed by atoms with Crippen LogP contribution in [0.15, 0.2) is 48.5 Å². The number of ether oxygens (including phenoxy) is 2. The van der Waals surface area contributed by atoms with Gasteiger partial charge in [0.25, 0.3) is 11.8 Å². The summed E-state index contributed by atoms with van der Waals surface area (Å²) in [6.07, 6.45) is 0.904. The second kappa shape index (κ2) is 12.0. The van der Waals surface area contributed by atoms with Gasteiger partial charge in [-0.2, -0.15) is 0 Å². The number of halogens is 1. The molecule has 0 fully saturated rings. The molecule has 3 aromatic rings. The van der Waals surface area contributed by atoms with E-state index in [9.17, 15) is 14.0 Å². The lowest BCUT2D eigenvalue weighted by Gasteiger charge is -2.09. The molecule has 0 unspecified atom stereocenters. The van der Waals surface area contributed by atoms with Crippen LogP contribution < -0.4 is 15.4 Å². The molecule has 2 aromatic carbocycles. The van der Waals surface area contributed by atoms with E-state index in [1.807, 2.05) is 13.8 Å². The molecule has 0 saturated heterocycles. The average molecular weight is 473 g/mol. The molecule has 1 aromatic heterocycles. The first-order valence-corrected chi connectivity index (χ1v) is 11.2. The average Bonchev–Trinajstić information content (AvgIpc) is 3.28. The maximum atomic E-state index is 12.9. The van der Waals surface area contributed by atoms with Crippen LogP contribution in [0, 0.1) is 5.82 Å². The molecule has 0 radical (unpaired) electrons. The lowest BCUT2D eigenvalue weighted by atomic mass is 10.2. The zero-order valence-electron chi connectivity index (χ0n) is 18.3. The van der Waals surface area contributed by atoms with Gasteiger partial charge in [-0.15, -0.1) is 10.2 Å². The molecule has 0 aliphatic rings. The Labute approximate surface area is 195 Å². The van der Waals surface area contributed by atoms with Gasteiger partial charge in [0.05, 0.1) is 6.10 Å². The summed E-state index contributed by atoms with van der Waals surface area (Å²) in [6, 6.07) is 12.2. The van der Waals surface area contributed by atoms with Crippen LogP contribution in [0.25, 0.3) is 0 Å². The van der Waals surface area contributed by atoms with E-state index in [1.54, 1.807) is 24.3 Å². The van der Waals surface area contributed by atoms with Gasteiger partial charge in [0.2, 0.25) is 5.01 Å². The molecule has 1 heterocycles. The van der Waals surface area contributed by atoms with Gasteiger partial charge in [-0.25, -0.2) is 4.39 Å². The summed E-state index contributed by atoms with van der Waals surface area (Å²) in [5, 5.41) is 14.1. The van der Waals surface area contributed by atoms with Crippen molar-refractivity contribution >= 4 is 28.8 Å². The first-order valence-electron chi connectivity index (χ1n) is 10.4. The van der Waals surface area contributed by atoms with Gasteiger partial charge in [-0.3, -0.25) is 9.59 Å². The summed E-state index contributed by atoms with van der Waals surface area (Å²) in [6.45, 7) is 5.16. The summed E-state index contributed by atoms with van der Waals surface area (Å²) < 4.78 is 23.9. The van der Waals surface area contributed by atoms with Crippen molar-refractivity contribution in [2.75, 3.05) is 18.5 Å². The number of hydrogen-bond donors (Lipinski definition) is 2. The molecular weight excluding hydrogens is 447 g/mol. The van der Waals surface area contributed by atoms with Gasteiger partial charge in [0.15, 0.2) is 5.01 Å². The van der Waals surface area contributed by atoms with Crippen LogP contribution in [0.1, 0.15) is 45.4 Å². The van der Waals surface area contributed by atoms with Gasteiger partial charge in [-0.05, 0) is 68.8 Å². The van der Waals surface area contributed by atoms with Crippen LogP contribution in [-0.4, -0.2) is 41.3 Å². The Morgan fingerprint density at radius 2 is 1.76 bits per heavy atom. The minimum atomic E-state index is -0.414.